The van der Waals surface area contributed by atoms with Gasteiger partial charge in [-0.25, -0.2) is 4.98 Å². The molecule has 1 N–H and O–H groups in total. The molecule has 0 unspecified atom stereocenters. The molecule has 2 saturated heterocycles. The summed E-state index contributed by atoms with van der Waals surface area (Å²) in [5.74, 6) is 0.158. The summed E-state index contributed by atoms with van der Waals surface area (Å²) in [6.07, 6.45) is 5.62. The summed E-state index contributed by atoms with van der Waals surface area (Å²) < 4.78 is 6.95. The third-order valence-corrected chi connectivity index (χ3v) is 6.43. The number of hydrogen-bond donors (Lipinski definition) is 1. The van der Waals surface area contributed by atoms with Gasteiger partial charge in [0, 0.05) is 43.9 Å². The molecule has 0 spiro atoms. The number of carbonyl (C=O) groups excluding carboxylic acids is 1. The molecule has 1 amide bonds. The van der Waals surface area contributed by atoms with Crippen LogP contribution in [0.15, 0.2) is 10.9 Å². The van der Waals surface area contributed by atoms with Gasteiger partial charge in [0.1, 0.15) is 0 Å². The topological polar surface area (TPSA) is 88.8 Å². The van der Waals surface area contributed by atoms with Crippen LogP contribution in [0.2, 0.25) is 0 Å². The van der Waals surface area contributed by atoms with E-state index in [-0.39, 0.29) is 23.5 Å². The minimum absolute atomic E-state index is 0.0315. The Morgan fingerprint density at radius 2 is 2.18 bits per heavy atom. The van der Waals surface area contributed by atoms with Crippen LogP contribution in [0.1, 0.15) is 44.7 Å². The van der Waals surface area contributed by atoms with E-state index in [9.17, 15) is 9.59 Å². The average Bonchev–Trinajstić information content (AvgIpc) is 3.36. The molecule has 0 saturated carbocycles. The van der Waals surface area contributed by atoms with Crippen molar-refractivity contribution in [2.24, 2.45) is 5.92 Å². The van der Waals surface area contributed by atoms with Crippen molar-refractivity contribution < 1.29 is 9.53 Å². The predicted octanol–water partition coefficient (Wildman–Crippen LogP) is 1.62. The van der Waals surface area contributed by atoms with Crippen LogP contribution < -0.4 is 15.8 Å². The fourth-order valence-corrected chi connectivity index (χ4v) is 4.83. The maximum Gasteiger partial charge on any atom is 0.275 e. The largest absolute Gasteiger partial charge is 0.376 e. The highest BCUT2D eigenvalue weighted by atomic mass is 32.1. The SMILES string of the molecule is CCCc1cc(=O)n2nc(N3CCC(C(=O)NC[C@H]4CCCO4)CC3)sc2n1. The number of aryl methyl sites for hydroxylation is 1. The molecule has 8 nitrogen and oxygen atoms in total. The molecule has 2 fully saturated rings. The zero-order valence-corrected chi connectivity index (χ0v) is 17.0. The first-order valence-corrected chi connectivity index (χ1v) is 11.0. The van der Waals surface area contributed by atoms with Crippen molar-refractivity contribution in [3.8, 4) is 0 Å². The van der Waals surface area contributed by atoms with Gasteiger partial charge in [-0.1, -0.05) is 24.7 Å². The molecule has 2 aliphatic heterocycles. The summed E-state index contributed by atoms with van der Waals surface area (Å²) in [6.45, 7) is 5.01. The minimum Gasteiger partial charge on any atom is -0.376 e. The van der Waals surface area contributed by atoms with E-state index in [0.29, 0.717) is 11.5 Å². The van der Waals surface area contributed by atoms with E-state index in [4.69, 9.17) is 4.74 Å². The van der Waals surface area contributed by atoms with Gasteiger partial charge in [0.05, 0.1) is 6.10 Å². The smallest absolute Gasteiger partial charge is 0.275 e. The lowest BCUT2D eigenvalue weighted by Crippen LogP contribution is -2.42. The molecular formula is C19H27N5O3S. The Hall–Kier alpha value is -2.00. The molecule has 0 aliphatic carbocycles. The number of nitrogens with zero attached hydrogens (tertiary/aromatic N) is 4. The van der Waals surface area contributed by atoms with Crippen molar-refractivity contribution in [3.05, 3.63) is 22.1 Å². The maximum atomic E-state index is 12.4. The van der Waals surface area contributed by atoms with Gasteiger partial charge < -0.3 is 15.0 Å². The summed E-state index contributed by atoms with van der Waals surface area (Å²) >= 11 is 1.44. The fraction of sp³-hybridized carbons (Fsp3) is 0.684. The van der Waals surface area contributed by atoms with E-state index in [2.05, 4.69) is 27.2 Å². The van der Waals surface area contributed by atoms with E-state index < -0.39 is 0 Å². The number of nitrogens with one attached hydrogen (secondary N) is 1. The van der Waals surface area contributed by atoms with Crippen LogP contribution in [0.5, 0.6) is 0 Å². The van der Waals surface area contributed by atoms with Gasteiger partial charge in [-0.15, -0.1) is 5.10 Å². The van der Waals surface area contributed by atoms with Crippen LogP contribution >= 0.6 is 11.3 Å². The van der Waals surface area contributed by atoms with Crippen molar-refractivity contribution >= 4 is 27.3 Å². The lowest BCUT2D eigenvalue weighted by atomic mass is 9.96. The molecule has 2 aromatic rings. The normalized spacial score (nSPS) is 20.8. The Kier molecular flexibility index (Phi) is 5.91. The van der Waals surface area contributed by atoms with E-state index in [1.807, 2.05) is 0 Å². The van der Waals surface area contributed by atoms with Crippen LogP contribution in [0.25, 0.3) is 4.96 Å². The van der Waals surface area contributed by atoms with E-state index in [1.165, 1.54) is 15.9 Å². The molecule has 0 aromatic carbocycles. The lowest BCUT2D eigenvalue weighted by Gasteiger charge is -2.30. The van der Waals surface area contributed by atoms with Crippen LogP contribution in [0.3, 0.4) is 0 Å². The van der Waals surface area contributed by atoms with Gasteiger partial charge in [-0.3, -0.25) is 9.59 Å². The first-order valence-electron chi connectivity index (χ1n) is 10.2. The predicted molar refractivity (Wildman–Crippen MR) is 108 cm³/mol. The number of piperidine rings is 1. The number of amides is 1. The van der Waals surface area contributed by atoms with Crippen molar-refractivity contribution in [2.45, 2.75) is 51.6 Å². The number of ether oxygens (including phenoxy) is 1. The molecule has 152 valence electrons. The van der Waals surface area contributed by atoms with Crippen LogP contribution in [-0.2, 0) is 16.0 Å². The quantitative estimate of drug-likeness (QED) is 0.786. The molecule has 1 atom stereocenters. The third-order valence-electron chi connectivity index (χ3n) is 5.46. The van der Waals surface area contributed by atoms with E-state index in [1.54, 1.807) is 6.07 Å². The van der Waals surface area contributed by atoms with Gasteiger partial charge in [0.25, 0.3) is 5.56 Å². The lowest BCUT2D eigenvalue weighted by molar-refractivity contribution is -0.126. The van der Waals surface area contributed by atoms with Crippen LogP contribution in [0, 0.1) is 5.92 Å². The van der Waals surface area contributed by atoms with E-state index in [0.717, 1.165) is 69.0 Å². The second-order valence-electron chi connectivity index (χ2n) is 7.56. The summed E-state index contributed by atoms with van der Waals surface area (Å²) in [5, 5.41) is 8.31. The van der Waals surface area contributed by atoms with Gasteiger partial charge in [-0.05, 0) is 32.1 Å². The highest BCUT2D eigenvalue weighted by Crippen LogP contribution is 2.27. The molecule has 4 rings (SSSR count). The Labute approximate surface area is 167 Å². The Balaban J connectivity index is 1.36. The Bertz CT molecular complexity index is 881. The van der Waals surface area contributed by atoms with Gasteiger partial charge in [0.2, 0.25) is 16.0 Å². The molecule has 2 aromatic heterocycles. The Morgan fingerprint density at radius 1 is 1.36 bits per heavy atom. The number of rotatable bonds is 6. The first-order chi connectivity index (χ1) is 13.6. The number of carbonyl (C=O) groups is 1. The summed E-state index contributed by atoms with van der Waals surface area (Å²) in [7, 11) is 0. The highest BCUT2D eigenvalue weighted by Gasteiger charge is 2.27. The molecule has 9 heteroatoms. The molecule has 0 radical (unpaired) electrons. The minimum atomic E-state index is -0.126. The molecule has 28 heavy (non-hydrogen) atoms. The average molecular weight is 406 g/mol. The van der Waals surface area contributed by atoms with Crippen molar-refractivity contribution in [2.75, 3.05) is 31.1 Å². The van der Waals surface area contributed by atoms with Crippen LogP contribution in [0.4, 0.5) is 5.13 Å². The second-order valence-corrected chi connectivity index (χ2v) is 8.49. The zero-order valence-electron chi connectivity index (χ0n) is 16.2. The van der Waals surface area contributed by atoms with Crippen molar-refractivity contribution in [3.63, 3.8) is 0 Å². The zero-order chi connectivity index (χ0) is 19.5. The van der Waals surface area contributed by atoms with Gasteiger partial charge in [-0.2, -0.15) is 4.52 Å². The van der Waals surface area contributed by atoms with Crippen LogP contribution in [-0.4, -0.2) is 52.9 Å². The highest BCUT2D eigenvalue weighted by molar-refractivity contribution is 7.20. The maximum absolute atomic E-state index is 12.4. The second kappa shape index (κ2) is 8.57. The molecule has 2 aliphatic rings. The van der Waals surface area contributed by atoms with Crippen molar-refractivity contribution in [1.82, 2.24) is 19.9 Å². The number of anilines is 1. The number of aromatic nitrogens is 3. The fourth-order valence-electron chi connectivity index (χ4n) is 3.86. The Morgan fingerprint density at radius 3 is 2.89 bits per heavy atom. The third kappa shape index (κ3) is 4.20. The summed E-state index contributed by atoms with van der Waals surface area (Å²) in [6, 6.07) is 1.57. The molecule has 4 heterocycles. The summed E-state index contributed by atoms with van der Waals surface area (Å²) in [5.41, 5.74) is 0.698. The first kappa shape index (κ1) is 19.3. The summed E-state index contributed by atoms with van der Waals surface area (Å²) in [4.78, 5) is 32.1. The van der Waals surface area contributed by atoms with Crippen molar-refractivity contribution in [1.29, 1.82) is 0 Å². The van der Waals surface area contributed by atoms with E-state index >= 15 is 0 Å². The number of hydrogen-bond acceptors (Lipinski definition) is 7. The molecule has 0 bridgehead atoms. The standard InChI is InChI=1S/C19H27N5O3S/c1-2-4-14-11-16(25)24-18(21-14)28-19(22-24)23-8-6-13(7-9-23)17(26)20-12-15-5-3-10-27-15/h11,13,15H,2-10,12H2,1H3,(H,20,26)/t15-/m1/s1. The molecular weight excluding hydrogens is 378 g/mol. The monoisotopic (exact) mass is 405 g/mol. The van der Waals surface area contributed by atoms with Gasteiger partial charge >= 0.3 is 0 Å². The number of fused-ring (bicyclic) bond motifs is 1. The van der Waals surface area contributed by atoms with Gasteiger partial charge in [0.15, 0.2) is 0 Å².